The predicted octanol–water partition coefficient (Wildman–Crippen LogP) is 4.53. The van der Waals surface area contributed by atoms with Crippen molar-refractivity contribution in [3.63, 3.8) is 0 Å². The molecule has 0 spiro atoms. The first-order chi connectivity index (χ1) is 9.17. The Kier molecular flexibility index (Phi) is 2.71. The van der Waals surface area contributed by atoms with E-state index < -0.39 is 0 Å². The summed E-state index contributed by atoms with van der Waals surface area (Å²) in [4.78, 5) is 10.9. The molecule has 0 aliphatic heterocycles. The van der Waals surface area contributed by atoms with Crippen molar-refractivity contribution >= 4 is 17.3 Å². The standard InChI is InChI=1S/C17H14O2/c1-11-3-6-16-14(7-11)9-17(19-16)15-8-13(10-18)5-4-12(15)2/h3-10H,1-2H3. The van der Waals surface area contributed by atoms with E-state index in [0.29, 0.717) is 5.56 Å². The molecule has 1 heterocycles. The fourth-order valence-corrected chi connectivity index (χ4v) is 2.27. The lowest BCUT2D eigenvalue weighted by atomic mass is 10.0. The highest BCUT2D eigenvalue weighted by atomic mass is 16.3. The molecule has 0 atom stereocenters. The summed E-state index contributed by atoms with van der Waals surface area (Å²) in [5.41, 5.74) is 4.81. The molecule has 19 heavy (non-hydrogen) atoms. The van der Waals surface area contributed by atoms with E-state index in [0.717, 1.165) is 34.1 Å². The topological polar surface area (TPSA) is 30.2 Å². The van der Waals surface area contributed by atoms with Gasteiger partial charge < -0.3 is 4.42 Å². The van der Waals surface area contributed by atoms with Gasteiger partial charge in [0.1, 0.15) is 17.6 Å². The molecule has 0 saturated carbocycles. The largest absolute Gasteiger partial charge is 0.456 e. The van der Waals surface area contributed by atoms with Gasteiger partial charge in [-0.3, -0.25) is 4.79 Å². The Labute approximate surface area is 111 Å². The molecule has 0 N–H and O–H groups in total. The van der Waals surface area contributed by atoms with Gasteiger partial charge in [0.25, 0.3) is 0 Å². The lowest BCUT2D eigenvalue weighted by Gasteiger charge is -2.02. The molecule has 2 nitrogen and oxygen atoms in total. The second kappa shape index (κ2) is 4.39. The Hall–Kier alpha value is -2.35. The molecule has 3 aromatic rings. The summed E-state index contributed by atoms with van der Waals surface area (Å²) < 4.78 is 5.87. The minimum absolute atomic E-state index is 0.664. The molecule has 0 bridgehead atoms. The minimum Gasteiger partial charge on any atom is -0.456 e. The van der Waals surface area contributed by atoms with Crippen LogP contribution in [0.15, 0.2) is 46.9 Å². The van der Waals surface area contributed by atoms with Gasteiger partial charge in [0, 0.05) is 16.5 Å². The number of aldehydes is 1. The molecule has 0 aliphatic carbocycles. The number of aryl methyl sites for hydroxylation is 2. The van der Waals surface area contributed by atoms with Gasteiger partial charge >= 0.3 is 0 Å². The van der Waals surface area contributed by atoms with Crippen LogP contribution in [0.25, 0.3) is 22.3 Å². The molecule has 2 heteroatoms. The minimum atomic E-state index is 0.664. The monoisotopic (exact) mass is 250 g/mol. The molecule has 94 valence electrons. The molecule has 0 fully saturated rings. The van der Waals surface area contributed by atoms with Crippen molar-refractivity contribution in [1.82, 2.24) is 0 Å². The maximum Gasteiger partial charge on any atom is 0.150 e. The van der Waals surface area contributed by atoms with E-state index in [1.807, 2.05) is 43.3 Å². The highest BCUT2D eigenvalue weighted by Gasteiger charge is 2.09. The summed E-state index contributed by atoms with van der Waals surface area (Å²) in [7, 11) is 0. The van der Waals surface area contributed by atoms with Crippen LogP contribution in [0.5, 0.6) is 0 Å². The van der Waals surface area contributed by atoms with Crippen molar-refractivity contribution in [3.8, 4) is 11.3 Å². The van der Waals surface area contributed by atoms with Gasteiger partial charge in [0.05, 0.1) is 0 Å². The molecule has 0 radical (unpaired) electrons. The fraction of sp³-hybridized carbons (Fsp3) is 0.118. The zero-order valence-electron chi connectivity index (χ0n) is 10.9. The lowest BCUT2D eigenvalue weighted by molar-refractivity contribution is 0.112. The van der Waals surface area contributed by atoms with Crippen LogP contribution in [0.3, 0.4) is 0 Å². The zero-order chi connectivity index (χ0) is 13.4. The molecule has 3 rings (SSSR count). The maximum absolute atomic E-state index is 10.9. The second-order valence-electron chi connectivity index (χ2n) is 4.84. The fourth-order valence-electron chi connectivity index (χ4n) is 2.27. The number of carbonyl (C=O) groups is 1. The first-order valence-electron chi connectivity index (χ1n) is 6.24. The van der Waals surface area contributed by atoms with Crippen molar-refractivity contribution < 1.29 is 9.21 Å². The average molecular weight is 250 g/mol. The van der Waals surface area contributed by atoms with Gasteiger partial charge in [-0.15, -0.1) is 0 Å². The van der Waals surface area contributed by atoms with E-state index in [2.05, 4.69) is 13.0 Å². The summed E-state index contributed by atoms with van der Waals surface area (Å²) in [6.45, 7) is 4.08. The van der Waals surface area contributed by atoms with Crippen molar-refractivity contribution in [2.45, 2.75) is 13.8 Å². The van der Waals surface area contributed by atoms with Crippen molar-refractivity contribution in [2.24, 2.45) is 0 Å². The van der Waals surface area contributed by atoms with E-state index in [4.69, 9.17) is 4.42 Å². The third kappa shape index (κ3) is 2.06. The number of carbonyl (C=O) groups excluding carboxylic acids is 1. The van der Waals surface area contributed by atoms with E-state index >= 15 is 0 Å². The van der Waals surface area contributed by atoms with Gasteiger partial charge in [-0.2, -0.15) is 0 Å². The van der Waals surface area contributed by atoms with Crippen LogP contribution in [-0.2, 0) is 0 Å². The Morgan fingerprint density at radius 3 is 2.63 bits per heavy atom. The Balaban J connectivity index is 2.21. The highest BCUT2D eigenvalue weighted by molar-refractivity contribution is 5.85. The van der Waals surface area contributed by atoms with Crippen LogP contribution in [0.4, 0.5) is 0 Å². The van der Waals surface area contributed by atoms with Crippen molar-refractivity contribution in [2.75, 3.05) is 0 Å². The summed E-state index contributed by atoms with van der Waals surface area (Å²) >= 11 is 0. The van der Waals surface area contributed by atoms with Crippen LogP contribution < -0.4 is 0 Å². The van der Waals surface area contributed by atoms with E-state index in [1.165, 1.54) is 5.56 Å². The van der Waals surface area contributed by atoms with Crippen molar-refractivity contribution in [3.05, 3.63) is 59.2 Å². The van der Waals surface area contributed by atoms with Crippen LogP contribution in [-0.4, -0.2) is 6.29 Å². The molecule has 0 saturated heterocycles. The first kappa shape index (κ1) is 11.7. The summed E-state index contributed by atoms with van der Waals surface area (Å²) in [5, 5.41) is 1.09. The van der Waals surface area contributed by atoms with E-state index in [9.17, 15) is 4.79 Å². The molecule has 1 aromatic heterocycles. The number of benzene rings is 2. The molecule has 0 unspecified atom stereocenters. The number of furan rings is 1. The van der Waals surface area contributed by atoms with Gasteiger partial charge in [0.15, 0.2) is 0 Å². The average Bonchev–Trinajstić information content (AvgIpc) is 2.82. The van der Waals surface area contributed by atoms with Crippen LogP contribution in [0.1, 0.15) is 21.5 Å². The van der Waals surface area contributed by atoms with Gasteiger partial charge in [-0.25, -0.2) is 0 Å². The Bertz CT molecular complexity index is 766. The molecular weight excluding hydrogens is 236 g/mol. The Morgan fingerprint density at radius 1 is 1.00 bits per heavy atom. The third-order valence-corrected chi connectivity index (χ3v) is 3.33. The van der Waals surface area contributed by atoms with E-state index in [-0.39, 0.29) is 0 Å². The van der Waals surface area contributed by atoms with Crippen molar-refractivity contribution in [1.29, 1.82) is 0 Å². The SMILES string of the molecule is Cc1ccc2oc(-c3cc(C=O)ccc3C)cc2c1. The van der Waals surface area contributed by atoms with Gasteiger partial charge in [0.2, 0.25) is 0 Å². The smallest absolute Gasteiger partial charge is 0.150 e. The normalized spacial score (nSPS) is 10.8. The third-order valence-electron chi connectivity index (χ3n) is 3.33. The van der Waals surface area contributed by atoms with Gasteiger partial charge in [-0.1, -0.05) is 23.8 Å². The zero-order valence-corrected chi connectivity index (χ0v) is 10.9. The first-order valence-corrected chi connectivity index (χ1v) is 6.24. The number of rotatable bonds is 2. The van der Waals surface area contributed by atoms with Gasteiger partial charge in [-0.05, 0) is 43.7 Å². The molecule has 0 aliphatic rings. The van der Waals surface area contributed by atoms with Crippen LogP contribution >= 0.6 is 0 Å². The summed E-state index contributed by atoms with van der Waals surface area (Å²) in [6, 6.07) is 13.8. The predicted molar refractivity (Wildman–Crippen MR) is 76.5 cm³/mol. The second-order valence-corrected chi connectivity index (χ2v) is 4.84. The summed E-state index contributed by atoms with van der Waals surface area (Å²) in [5.74, 6) is 0.807. The maximum atomic E-state index is 10.9. The van der Waals surface area contributed by atoms with Crippen LogP contribution in [0, 0.1) is 13.8 Å². The van der Waals surface area contributed by atoms with Crippen LogP contribution in [0.2, 0.25) is 0 Å². The molecular formula is C17H14O2. The number of fused-ring (bicyclic) bond motifs is 1. The summed E-state index contributed by atoms with van der Waals surface area (Å²) in [6.07, 6.45) is 0.857. The quantitative estimate of drug-likeness (QED) is 0.625. The highest BCUT2D eigenvalue weighted by Crippen LogP contribution is 2.30. The Morgan fingerprint density at radius 2 is 1.84 bits per heavy atom. The lowest BCUT2D eigenvalue weighted by Crippen LogP contribution is -1.85. The molecule has 0 amide bonds. The molecule has 2 aromatic carbocycles. The number of hydrogen-bond donors (Lipinski definition) is 0. The number of hydrogen-bond acceptors (Lipinski definition) is 2. The van der Waals surface area contributed by atoms with E-state index in [1.54, 1.807) is 0 Å².